The molecule has 27 heavy (non-hydrogen) atoms. The molecule has 1 unspecified atom stereocenters. The highest BCUT2D eigenvalue weighted by Crippen LogP contribution is 2.39. The number of ether oxygens (including phenoxy) is 1. The molecule has 0 spiro atoms. The van der Waals surface area contributed by atoms with Crippen molar-refractivity contribution in [1.29, 1.82) is 0 Å². The van der Waals surface area contributed by atoms with Crippen molar-refractivity contribution in [2.75, 3.05) is 20.3 Å². The number of benzene rings is 1. The fourth-order valence-corrected chi connectivity index (χ4v) is 3.35. The molecule has 0 bridgehead atoms. The molecule has 1 aromatic carbocycles. The summed E-state index contributed by atoms with van der Waals surface area (Å²) in [6.45, 7) is 10.9. The summed E-state index contributed by atoms with van der Waals surface area (Å²) in [6, 6.07) is 7.36. The summed E-state index contributed by atoms with van der Waals surface area (Å²) in [5, 5.41) is 10.5. The molecule has 0 saturated heterocycles. The van der Waals surface area contributed by atoms with Crippen LogP contribution in [0.1, 0.15) is 58.2 Å². The van der Waals surface area contributed by atoms with Gasteiger partial charge in [0.25, 0.3) is 5.91 Å². The minimum absolute atomic E-state index is 0.00797. The Kier molecular flexibility index (Phi) is 6.47. The summed E-state index contributed by atoms with van der Waals surface area (Å²) in [5.41, 5.74) is 2.20. The van der Waals surface area contributed by atoms with E-state index < -0.39 is 17.7 Å². The highest BCUT2D eigenvalue weighted by Gasteiger charge is 2.43. The molecule has 148 valence electrons. The molecule has 1 heterocycles. The van der Waals surface area contributed by atoms with Crippen molar-refractivity contribution >= 4 is 11.7 Å². The summed E-state index contributed by atoms with van der Waals surface area (Å²) in [5.74, 6) is -0.976. The fourth-order valence-electron chi connectivity index (χ4n) is 3.35. The zero-order chi connectivity index (χ0) is 20.4. The van der Waals surface area contributed by atoms with E-state index >= 15 is 0 Å². The molecule has 1 N–H and O–H groups in total. The number of methoxy groups -OCH3 is 1. The number of amides is 1. The number of ketones is 1. The number of nitrogens with zero attached hydrogens (tertiary/aromatic N) is 1. The van der Waals surface area contributed by atoms with Crippen LogP contribution in [-0.2, 0) is 19.7 Å². The van der Waals surface area contributed by atoms with Gasteiger partial charge in [-0.05, 0) is 22.5 Å². The van der Waals surface area contributed by atoms with Crippen LogP contribution >= 0.6 is 0 Å². The van der Waals surface area contributed by atoms with Gasteiger partial charge in [-0.1, -0.05) is 58.9 Å². The van der Waals surface area contributed by atoms with Gasteiger partial charge < -0.3 is 14.7 Å². The maximum atomic E-state index is 12.8. The maximum Gasteiger partial charge on any atom is 0.290 e. The molecule has 2 rings (SSSR count). The second-order valence-corrected chi connectivity index (χ2v) is 8.55. The number of carbonyl (C=O) groups excluding carboxylic acids is 2. The Bertz CT molecular complexity index is 726. The second kappa shape index (κ2) is 8.26. The number of rotatable bonds is 7. The third kappa shape index (κ3) is 4.59. The van der Waals surface area contributed by atoms with E-state index in [2.05, 4.69) is 20.8 Å². The average Bonchev–Trinajstić information content (AvgIpc) is 2.83. The Labute approximate surface area is 162 Å². The highest BCUT2D eigenvalue weighted by molar-refractivity contribution is 6.09. The summed E-state index contributed by atoms with van der Waals surface area (Å²) in [7, 11) is 1.56. The van der Waals surface area contributed by atoms with Crippen LogP contribution in [-0.4, -0.2) is 42.0 Å². The smallest absolute Gasteiger partial charge is 0.290 e. The highest BCUT2D eigenvalue weighted by atomic mass is 16.5. The standard InChI is InChI=1S/C22H31NO4/c1-14(2)13-17(24)18-19(23(11-12-27-6)21(26)20(18)25)15-7-9-16(10-8-15)22(3,4)5/h7-10,14,19,25H,11-13H2,1-6H3. The van der Waals surface area contributed by atoms with Crippen molar-refractivity contribution in [2.24, 2.45) is 5.92 Å². The van der Waals surface area contributed by atoms with Crippen molar-refractivity contribution in [3.05, 3.63) is 46.7 Å². The van der Waals surface area contributed by atoms with E-state index in [0.717, 1.165) is 5.56 Å². The number of aliphatic hydroxyl groups excluding tert-OH is 1. The monoisotopic (exact) mass is 373 g/mol. The van der Waals surface area contributed by atoms with E-state index in [1.807, 2.05) is 38.1 Å². The number of carbonyl (C=O) groups is 2. The zero-order valence-corrected chi connectivity index (χ0v) is 17.2. The first-order valence-corrected chi connectivity index (χ1v) is 9.44. The molecule has 0 saturated carbocycles. The van der Waals surface area contributed by atoms with E-state index in [9.17, 15) is 14.7 Å². The molecule has 0 fully saturated rings. The number of Topliss-reactive ketones (excluding diaryl/α,β-unsaturated/α-hetero) is 1. The van der Waals surface area contributed by atoms with E-state index in [1.165, 1.54) is 10.5 Å². The minimum Gasteiger partial charge on any atom is -0.503 e. The molecule has 1 aliphatic rings. The molecule has 1 aliphatic heterocycles. The van der Waals surface area contributed by atoms with Crippen LogP contribution in [0.4, 0.5) is 0 Å². The Morgan fingerprint density at radius 2 is 1.81 bits per heavy atom. The van der Waals surface area contributed by atoms with Gasteiger partial charge in [-0.15, -0.1) is 0 Å². The third-order valence-corrected chi connectivity index (χ3v) is 4.83. The lowest BCUT2D eigenvalue weighted by Crippen LogP contribution is -2.34. The first-order valence-electron chi connectivity index (χ1n) is 9.44. The molecule has 5 heteroatoms. The van der Waals surface area contributed by atoms with Crippen molar-refractivity contribution in [3.8, 4) is 0 Å². The first kappa shape index (κ1) is 21.2. The van der Waals surface area contributed by atoms with Crippen LogP contribution in [0.5, 0.6) is 0 Å². The van der Waals surface area contributed by atoms with Crippen LogP contribution in [0.15, 0.2) is 35.6 Å². The Hall–Kier alpha value is -2.14. The summed E-state index contributed by atoms with van der Waals surface area (Å²) >= 11 is 0. The second-order valence-electron chi connectivity index (χ2n) is 8.55. The molecule has 1 atom stereocenters. The van der Waals surface area contributed by atoms with Crippen LogP contribution in [0.25, 0.3) is 0 Å². The Morgan fingerprint density at radius 1 is 1.22 bits per heavy atom. The van der Waals surface area contributed by atoms with Crippen LogP contribution in [0.3, 0.4) is 0 Å². The van der Waals surface area contributed by atoms with Gasteiger partial charge in [-0.2, -0.15) is 0 Å². The average molecular weight is 373 g/mol. The van der Waals surface area contributed by atoms with Gasteiger partial charge in [0.15, 0.2) is 11.5 Å². The van der Waals surface area contributed by atoms with Crippen molar-refractivity contribution in [1.82, 2.24) is 4.90 Å². The minimum atomic E-state index is -0.576. The SMILES string of the molecule is COCCN1C(=O)C(O)=C(C(=O)CC(C)C)C1c1ccc(C(C)(C)C)cc1. The maximum absolute atomic E-state index is 12.8. The first-order chi connectivity index (χ1) is 12.6. The molecule has 0 aromatic heterocycles. The largest absolute Gasteiger partial charge is 0.503 e. The molecule has 1 amide bonds. The summed E-state index contributed by atoms with van der Waals surface area (Å²) in [4.78, 5) is 27.0. The number of hydrogen-bond donors (Lipinski definition) is 1. The van der Waals surface area contributed by atoms with Gasteiger partial charge in [0.1, 0.15) is 0 Å². The predicted octanol–water partition coefficient (Wildman–Crippen LogP) is 3.94. The van der Waals surface area contributed by atoms with Crippen molar-refractivity contribution < 1.29 is 19.4 Å². The van der Waals surface area contributed by atoms with Crippen LogP contribution < -0.4 is 0 Å². The molecule has 1 aromatic rings. The van der Waals surface area contributed by atoms with Gasteiger partial charge in [0, 0.05) is 20.1 Å². The molecule has 0 aliphatic carbocycles. The lowest BCUT2D eigenvalue weighted by Gasteiger charge is -2.27. The number of hydrogen-bond acceptors (Lipinski definition) is 4. The lowest BCUT2D eigenvalue weighted by molar-refractivity contribution is -0.130. The van der Waals surface area contributed by atoms with Crippen molar-refractivity contribution in [2.45, 2.75) is 52.5 Å². The summed E-state index contributed by atoms with van der Waals surface area (Å²) in [6.07, 6.45) is 0.293. The molecular formula is C22H31NO4. The normalized spacial score (nSPS) is 18.0. The zero-order valence-electron chi connectivity index (χ0n) is 17.2. The van der Waals surface area contributed by atoms with Crippen molar-refractivity contribution in [3.63, 3.8) is 0 Å². The molecular weight excluding hydrogens is 342 g/mol. The van der Waals surface area contributed by atoms with Gasteiger partial charge in [0.05, 0.1) is 18.2 Å². The predicted molar refractivity (Wildman–Crippen MR) is 106 cm³/mol. The topological polar surface area (TPSA) is 66.8 Å². The van der Waals surface area contributed by atoms with Gasteiger partial charge in [0.2, 0.25) is 0 Å². The molecule has 0 radical (unpaired) electrons. The fraction of sp³-hybridized carbons (Fsp3) is 0.545. The van der Waals surface area contributed by atoms with Gasteiger partial charge in [-0.3, -0.25) is 9.59 Å². The molecule has 5 nitrogen and oxygen atoms in total. The van der Waals surface area contributed by atoms with E-state index in [4.69, 9.17) is 4.74 Å². The summed E-state index contributed by atoms with van der Waals surface area (Å²) < 4.78 is 5.12. The van der Waals surface area contributed by atoms with Gasteiger partial charge in [-0.25, -0.2) is 0 Å². The third-order valence-electron chi connectivity index (χ3n) is 4.83. The lowest BCUT2D eigenvalue weighted by atomic mass is 9.85. The van der Waals surface area contributed by atoms with E-state index in [-0.39, 0.29) is 22.7 Å². The van der Waals surface area contributed by atoms with Gasteiger partial charge >= 0.3 is 0 Å². The van der Waals surface area contributed by atoms with Crippen LogP contribution in [0, 0.1) is 5.92 Å². The van der Waals surface area contributed by atoms with E-state index in [1.54, 1.807) is 7.11 Å². The van der Waals surface area contributed by atoms with E-state index in [0.29, 0.717) is 19.6 Å². The van der Waals surface area contributed by atoms with Crippen LogP contribution in [0.2, 0.25) is 0 Å². The number of aliphatic hydroxyl groups is 1. The quantitative estimate of drug-likeness (QED) is 0.786. The Balaban J connectivity index is 2.47. The Morgan fingerprint density at radius 3 is 2.30 bits per heavy atom.